The summed E-state index contributed by atoms with van der Waals surface area (Å²) in [4.78, 5) is 0. The minimum absolute atomic E-state index is 0. The maximum atomic E-state index is 2.31. The van der Waals surface area contributed by atoms with Gasteiger partial charge in [-0.25, -0.2) is 0 Å². The molecule has 0 heterocycles. The fourth-order valence-electron chi connectivity index (χ4n) is 2.11. The van der Waals surface area contributed by atoms with Crippen LogP contribution in [0.15, 0.2) is 0 Å². The van der Waals surface area contributed by atoms with Crippen LogP contribution in [0.3, 0.4) is 0 Å². The van der Waals surface area contributed by atoms with E-state index in [2.05, 4.69) is 20.8 Å². The Bertz CT molecular complexity index is 82.6. The number of hydrogen-bond donors (Lipinski definition) is 0. The average molecular weight is 228 g/mol. The van der Waals surface area contributed by atoms with Crippen LogP contribution in [0.5, 0.6) is 0 Å². The minimum Gasteiger partial charge on any atom is -0.0776 e. The van der Waals surface area contributed by atoms with E-state index < -0.39 is 0 Å². The van der Waals surface area contributed by atoms with Gasteiger partial charge in [-0.1, -0.05) is 98.8 Å². The molecule has 0 amide bonds. The summed E-state index contributed by atoms with van der Waals surface area (Å²) in [6.45, 7) is 6.80. The second-order valence-corrected chi connectivity index (χ2v) is 5.13. The second-order valence-electron chi connectivity index (χ2n) is 5.13. The van der Waals surface area contributed by atoms with Crippen LogP contribution in [0.1, 0.15) is 98.8 Å². The zero-order valence-electron chi connectivity index (χ0n) is 11.4. The molecule has 1 atom stereocenters. The van der Waals surface area contributed by atoms with Gasteiger partial charge in [-0.2, -0.15) is 0 Å². The highest BCUT2D eigenvalue weighted by molar-refractivity contribution is 4.51. The Labute approximate surface area is 105 Å². The van der Waals surface area contributed by atoms with Crippen LogP contribution >= 0.6 is 0 Å². The van der Waals surface area contributed by atoms with Crippen LogP contribution in [0.25, 0.3) is 0 Å². The maximum Gasteiger partial charge on any atom is -0.0446 e. The Morgan fingerprint density at radius 3 is 1.19 bits per heavy atom. The van der Waals surface area contributed by atoms with Crippen molar-refractivity contribution < 1.29 is 0 Å². The summed E-state index contributed by atoms with van der Waals surface area (Å²) < 4.78 is 0. The van der Waals surface area contributed by atoms with Gasteiger partial charge >= 0.3 is 0 Å². The third kappa shape index (κ3) is 14.0. The Morgan fingerprint density at radius 2 is 1.06 bits per heavy atom. The molecule has 1 aliphatic carbocycles. The molecule has 1 rings (SSSR count). The highest BCUT2D eigenvalue weighted by atomic mass is 14.0. The van der Waals surface area contributed by atoms with Gasteiger partial charge in [0.2, 0.25) is 0 Å². The highest BCUT2D eigenvalue weighted by Crippen LogP contribution is 2.15. The molecule has 0 aliphatic heterocycles. The first kappa shape index (κ1) is 18.4. The van der Waals surface area contributed by atoms with Gasteiger partial charge in [0.25, 0.3) is 0 Å². The molecule has 0 aromatic carbocycles. The molecule has 1 saturated carbocycles. The quantitative estimate of drug-likeness (QED) is 0.511. The van der Waals surface area contributed by atoms with Crippen LogP contribution in [-0.2, 0) is 0 Å². The van der Waals surface area contributed by atoms with E-state index >= 15 is 0 Å². The van der Waals surface area contributed by atoms with Crippen molar-refractivity contribution >= 4 is 0 Å². The molecular formula is C16H36. The lowest BCUT2D eigenvalue weighted by atomic mass is 10.0. The molecular weight excluding hydrogens is 192 g/mol. The van der Waals surface area contributed by atoms with Crippen LogP contribution in [-0.4, -0.2) is 0 Å². The monoisotopic (exact) mass is 228 g/mol. The first-order valence-corrected chi connectivity index (χ1v) is 7.31. The molecule has 0 radical (unpaired) electrons. The smallest absolute Gasteiger partial charge is 0.0446 e. The van der Waals surface area contributed by atoms with Crippen LogP contribution in [0.2, 0.25) is 0 Å². The standard InChI is InChI=1S/C8H16.C7H16.CH4/c1-2-4-6-8-7-5-3-1;1-4-6-7(3)5-2;/h1-8H2;7H,4-6H2,1-3H3;1H4. The van der Waals surface area contributed by atoms with Crippen molar-refractivity contribution in [3.8, 4) is 0 Å². The largest absolute Gasteiger partial charge is 0.0776 e. The molecule has 1 aliphatic rings. The zero-order chi connectivity index (χ0) is 11.4. The van der Waals surface area contributed by atoms with Gasteiger partial charge in [0.05, 0.1) is 0 Å². The average Bonchev–Trinajstić information content (AvgIpc) is 2.18. The minimum atomic E-state index is 0. The molecule has 16 heavy (non-hydrogen) atoms. The van der Waals surface area contributed by atoms with E-state index in [1.165, 1.54) is 70.6 Å². The van der Waals surface area contributed by atoms with Gasteiger partial charge in [-0.15, -0.1) is 0 Å². The molecule has 1 fully saturated rings. The molecule has 0 aromatic heterocycles. The van der Waals surface area contributed by atoms with Gasteiger partial charge in [0.15, 0.2) is 0 Å². The molecule has 0 heteroatoms. The molecule has 0 bridgehead atoms. The third-order valence-corrected chi connectivity index (χ3v) is 3.48. The third-order valence-electron chi connectivity index (χ3n) is 3.48. The SMILES string of the molecule is C.C1CCCCCCC1.CCCC(C)CC. The van der Waals surface area contributed by atoms with E-state index in [1.54, 1.807) is 0 Å². The summed E-state index contributed by atoms with van der Waals surface area (Å²) in [7, 11) is 0. The maximum absolute atomic E-state index is 2.31. The Hall–Kier alpha value is 0. The van der Waals surface area contributed by atoms with E-state index in [4.69, 9.17) is 0 Å². The van der Waals surface area contributed by atoms with Crippen LogP contribution in [0, 0.1) is 5.92 Å². The zero-order valence-corrected chi connectivity index (χ0v) is 11.4. The van der Waals surface area contributed by atoms with Crippen molar-refractivity contribution in [3.05, 3.63) is 0 Å². The van der Waals surface area contributed by atoms with Crippen molar-refractivity contribution in [1.29, 1.82) is 0 Å². The molecule has 1 unspecified atom stereocenters. The van der Waals surface area contributed by atoms with E-state index in [9.17, 15) is 0 Å². The normalized spacial score (nSPS) is 18.2. The predicted octanol–water partition coefficient (Wildman–Crippen LogP) is 6.59. The van der Waals surface area contributed by atoms with Gasteiger partial charge in [-0.3, -0.25) is 0 Å². The summed E-state index contributed by atoms with van der Waals surface area (Å²) in [5.41, 5.74) is 0. The molecule has 0 nitrogen and oxygen atoms in total. The summed E-state index contributed by atoms with van der Waals surface area (Å²) >= 11 is 0. The molecule has 0 spiro atoms. The van der Waals surface area contributed by atoms with Gasteiger partial charge < -0.3 is 0 Å². The van der Waals surface area contributed by atoms with Crippen molar-refractivity contribution in [2.75, 3.05) is 0 Å². The second kappa shape index (κ2) is 15.0. The number of rotatable bonds is 3. The lowest BCUT2D eigenvalue weighted by Gasteiger charge is -2.05. The Balaban J connectivity index is 0. The molecule has 100 valence electrons. The fraction of sp³-hybridized carbons (Fsp3) is 1.00. The molecule has 0 aromatic rings. The van der Waals surface area contributed by atoms with E-state index in [-0.39, 0.29) is 7.43 Å². The predicted molar refractivity (Wildman–Crippen MR) is 78.0 cm³/mol. The topological polar surface area (TPSA) is 0 Å². The van der Waals surface area contributed by atoms with Gasteiger partial charge in [0, 0.05) is 0 Å². The molecule has 0 N–H and O–H groups in total. The van der Waals surface area contributed by atoms with Crippen LogP contribution < -0.4 is 0 Å². The van der Waals surface area contributed by atoms with Crippen LogP contribution in [0.4, 0.5) is 0 Å². The van der Waals surface area contributed by atoms with E-state index in [0.717, 1.165) is 5.92 Å². The Kier molecular flexibility index (Phi) is 17.2. The summed E-state index contributed by atoms with van der Waals surface area (Å²) in [5, 5.41) is 0. The van der Waals surface area contributed by atoms with Gasteiger partial charge in [-0.05, 0) is 5.92 Å². The fourth-order valence-corrected chi connectivity index (χ4v) is 2.11. The summed E-state index contributed by atoms with van der Waals surface area (Å²) in [5.74, 6) is 0.949. The van der Waals surface area contributed by atoms with Gasteiger partial charge in [0.1, 0.15) is 0 Å². The van der Waals surface area contributed by atoms with E-state index in [0.29, 0.717) is 0 Å². The lowest BCUT2D eigenvalue weighted by Crippen LogP contribution is -1.88. The molecule has 0 saturated heterocycles. The van der Waals surface area contributed by atoms with Crippen molar-refractivity contribution in [2.24, 2.45) is 5.92 Å². The van der Waals surface area contributed by atoms with Crippen molar-refractivity contribution in [1.82, 2.24) is 0 Å². The summed E-state index contributed by atoms with van der Waals surface area (Å²) in [6.07, 6.45) is 16.1. The summed E-state index contributed by atoms with van der Waals surface area (Å²) in [6, 6.07) is 0. The first-order chi connectivity index (χ1) is 7.31. The first-order valence-electron chi connectivity index (χ1n) is 7.31. The lowest BCUT2D eigenvalue weighted by molar-refractivity contribution is 0.504. The van der Waals surface area contributed by atoms with E-state index in [1.807, 2.05) is 0 Å². The van der Waals surface area contributed by atoms with Crippen molar-refractivity contribution in [3.63, 3.8) is 0 Å². The Morgan fingerprint density at radius 1 is 0.750 bits per heavy atom. The number of hydrogen-bond acceptors (Lipinski definition) is 0. The van der Waals surface area contributed by atoms with Crippen molar-refractivity contribution in [2.45, 2.75) is 98.8 Å². The highest BCUT2D eigenvalue weighted by Gasteiger charge is 1.95.